The van der Waals surface area contributed by atoms with Crippen molar-refractivity contribution >= 4 is 40.3 Å². The topological polar surface area (TPSA) is 106 Å². The number of nitrogens with two attached hydrogens (primary N) is 1. The number of carbonyl (C=O) groups excluding carboxylic acids is 1. The van der Waals surface area contributed by atoms with Crippen LogP contribution in [0.5, 0.6) is 0 Å². The Morgan fingerprint density at radius 3 is 2.48 bits per heavy atom. The maximum Gasteiger partial charge on any atom is 0.236 e. The van der Waals surface area contributed by atoms with Gasteiger partial charge in [-0.1, -0.05) is 41.9 Å². The highest BCUT2D eigenvalue weighted by Crippen LogP contribution is 2.34. The number of amides is 1. The maximum atomic E-state index is 14.0. The van der Waals surface area contributed by atoms with Crippen LogP contribution >= 0.6 is 11.6 Å². The predicted molar refractivity (Wildman–Crippen MR) is 152 cm³/mol. The number of hydrogen-bond acceptors (Lipinski definition) is 8. The van der Waals surface area contributed by atoms with Crippen LogP contribution in [0.25, 0.3) is 22.3 Å². The first kappa shape index (κ1) is 26.4. The fraction of sp³-hybridized carbons (Fsp3) is 0.357. The number of morpholine rings is 1. The average molecular weight is 565 g/mol. The molecule has 0 radical (unpaired) electrons. The summed E-state index contributed by atoms with van der Waals surface area (Å²) in [5.41, 5.74) is 9.27. The quantitative estimate of drug-likeness (QED) is 0.381. The number of anilines is 2. The molecule has 0 spiro atoms. The molecule has 2 fully saturated rings. The molecule has 2 aromatic carbocycles. The standard InChI is InChI=1S/C28H30ClFN8O2/c29-21-16-20(6-7-22(21)30)25-24-26(31)38(17-19-4-2-1-3-5-19)34-27(24)33-28(32-25)37-10-8-35(9-11-37)18-23(39)36-12-14-40-15-13-36/h1-7,16H,8-15,17-18,31H2. The van der Waals surface area contributed by atoms with Crippen LogP contribution in [0, 0.1) is 5.82 Å². The van der Waals surface area contributed by atoms with Gasteiger partial charge in [0.1, 0.15) is 11.6 Å². The summed E-state index contributed by atoms with van der Waals surface area (Å²) >= 11 is 6.15. The van der Waals surface area contributed by atoms with Crippen LogP contribution in [0.4, 0.5) is 16.2 Å². The summed E-state index contributed by atoms with van der Waals surface area (Å²) in [7, 11) is 0. The fourth-order valence-corrected chi connectivity index (χ4v) is 5.30. The van der Waals surface area contributed by atoms with Gasteiger partial charge in [0.15, 0.2) is 5.65 Å². The Hall–Kier alpha value is -3.80. The lowest BCUT2D eigenvalue weighted by Gasteiger charge is -2.36. The van der Waals surface area contributed by atoms with Gasteiger partial charge < -0.3 is 20.3 Å². The van der Waals surface area contributed by atoms with Crippen LogP contribution in [0.15, 0.2) is 48.5 Å². The Kier molecular flexibility index (Phi) is 7.50. The summed E-state index contributed by atoms with van der Waals surface area (Å²) in [4.78, 5) is 28.5. The third-order valence-electron chi connectivity index (χ3n) is 7.37. The zero-order chi connectivity index (χ0) is 27.6. The van der Waals surface area contributed by atoms with E-state index in [0.29, 0.717) is 99.6 Å². The zero-order valence-electron chi connectivity index (χ0n) is 22.0. The minimum absolute atomic E-state index is 0.000361. The number of carbonyl (C=O) groups is 1. The third-order valence-corrected chi connectivity index (χ3v) is 7.66. The Labute approximate surface area is 236 Å². The van der Waals surface area contributed by atoms with Crippen molar-refractivity contribution < 1.29 is 13.9 Å². The molecule has 208 valence electrons. The van der Waals surface area contributed by atoms with Crippen molar-refractivity contribution in [3.05, 3.63) is 64.9 Å². The predicted octanol–water partition coefficient (Wildman–Crippen LogP) is 2.90. The number of nitrogen functional groups attached to an aromatic ring is 1. The van der Waals surface area contributed by atoms with Crippen LogP contribution in [0.3, 0.4) is 0 Å². The lowest BCUT2D eigenvalue weighted by atomic mass is 10.1. The number of halogens is 2. The molecule has 4 heterocycles. The van der Waals surface area contributed by atoms with Gasteiger partial charge in [0, 0.05) is 44.8 Å². The number of benzene rings is 2. The summed E-state index contributed by atoms with van der Waals surface area (Å²) in [6, 6.07) is 14.4. The monoisotopic (exact) mass is 564 g/mol. The van der Waals surface area contributed by atoms with E-state index in [4.69, 9.17) is 37.1 Å². The molecule has 2 aliphatic rings. The second-order valence-electron chi connectivity index (χ2n) is 9.98. The number of ether oxygens (including phenoxy) is 1. The van der Waals surface area contributed by atoms with Crippen molar-refractivity contribution in [2.45, 2.75) is 6.54 Å². The van der Waals surface area contributed by atoms with E-state index in [9.17, 15) is 9.18 Å². The fourth-order valence-electron chi connectivity index (χ4n) is 5.12. The molecule has 12 heteroatoms. The highest BCUT2D eigenvalue weighted by Gasteiger charge is 2.26. The van der Waals surface area contributed by atoms with Crippen LogP contribution < -0.4 is 10.6 Å². The average Bonchev–Trinajstić information content (AvgIpc) is 3.30. The van der Waals surface area contributed by atoms with E-state index in [1.54, 1.807) is 16.8 Å². The van der Waals surface area contributed by atoms with Gasteiger partial charge >= 0.3 is 0 Å². The molecule has 2 aromatic heterocycles. The highest BCUT2D eigenvalue weighted by molar-refractivity contribution is 6.31. The molecule has 0 atom stereocenters. The molecule has 0 saturated carbocycles. The van der Waals surface area contributed by atoms with E-state index >= 15 is 0 Å². The number of piperazine rings is 1. The molecule has 1 amide bonds. The summed E-state index contributed by atoms with van der Waals surface area (Å²) in [6.45, 7) is 5.99. The molecule has 10 nitrogen and oxygen atoms in total. The van der Waals surface area contributed by atoms with Gasteiger partial charge in [0.25, 0.3) is 0 Å². The van der Waals surface area contributed by atoms with E-state index in [-0.39, 0.29) is 10.9 Å². The molecule has 2 N–H and O–H groups in total. The van der Waals surface area contributed by atoms with Crippen molar-refractivity contribution in [2.75, 3.05) is 69.7 Å². The second kappa shape index (κ2) is 11.4. The Morgan fingerprint density at radius 2 is 1.75 bits per heavy atom. The zero-order valence-corrected chi connectivity index (χ0v) is 22.7. The number of aromatic nitrogens is 4. The van der Waals surface area contributed by atoms with Crippen molar-refractivity contribution in [3.63, 3.8) is 0 Å². The lowest BCUT2D eigenvalue weighted by molar-refractivity contribution is -0.136. The minimum Gasteiger partial charge on any atom is -0.383 e. The summed E-state index contributed by atoms with van der Waals surface area (Å²) in [6.07, 6.45) is 0. The van der Waals surface area contributed by atoms with Gasteiger partial charge in [-0.05, 0) is 23.8 Å². The summed E-state index contributed by atoms with van der Waals surface area (Å²) in [5, 5.41) is 5.33. The van der Waals surface area contributed by atoms with Gasteiger partial charge in [0.05, 0.1) is 42.4 Å². The molecule has 2 saturated heterocycles. The number of nitrogens with zero attached hydrogens (tertiary/aromatic N) is 7. The van der Waals surface area contributed by atoms with Gasteiger partial charge in [0.2, 0.25) is 11.9 Å². The third kappa shape index (κ3) is 5.45. The van der Waals surface area contributed by atoms with Crippen LogP contribution in [-0.2, 0) is 16.1 Å². The van der Waals surface area contributed by atoms with Crippen molar-refractivity contribution in [1.29, 1.82) is 0 Å². The second-order valence-corrected chi connectivity index (χ2v) is 10.4. The normalized spacial score (nSPS) is 16.6. The maximum absolute atomic E-state index is 14.0. The number of fused-ring (bicyclic) bond motifs is 1. The molecule has 4 aromatic rings. The van der Waals surface area contributed by atoms with Crippen LogP contribution in [0.1, 0.15) is 5.56 Å². The SMILES string of the molecule is Nc1c2c(-c3ccc(F)c(Cl)c3)nc(N3CCN(CC(=O)N4CCOCC4)CC3)nc2nn1Cc1ccccc1. The Balaban J connectivity index is 1.28. The van der Waals surface area contributed by atoms with E-state index < -0.39 is 5.82 Å². The molecular formula is C28H30ClFN8O2. The highest BCUT2D eigenvalue weighted by atomic mass is 35.5. The van der Waals surface area contributed by atoms with E-state index in [1.807, 2.05) is 35.2 Å². The number of rotatable bonds is 6. The molecule has 0 aliphatic carbocycles. The Morgan fingerprint density at radius 1 is 1.00 bits per heavy atom. The number of hydrogen-bond donors (Lipinski definition) is 1. The van der Waals surface area contributed by atoms with Crippen molar-refractivity contribution in [1.82, 2.24) is 29.5 Å². The van der Waals surface area contributed by atoms with Gasteiger partial charge in [-0.15, -0.1) is 5.10 Å². The first-order valence-corrected chi connectivity index (χ1v) is 13.7. The minimum atomic E-state index is -0.508. The molecule has 0 bridgehead atoms. The molecule has 2 aliphatic heterocycles. The lowest BCUT2D eigenvalue weighted by Crippen LogP contribution is -2.51. The Bertz CT molecular complexity index is 1520. The smallest absolute Gasteiger partial charge is 0.236 e. The largest absolute Gasteiger partial charge is 0.383 e. The van der Waals surface area contributed by atoms with E-state index in [0.717, 1.165) is 5.56 Å². The van der Waals surface area contributed by atoms with Crippen LogP contribution in [0.2, 0.25) is 5.02 Å². The summed E-state index contributed by atoms with van der Waals surface area (Å²) < 4.78 is 21.1. The molecule has 0 unspecified atom stereocenters. The van der Waals surface area contributed by atoms with Gasteiger partial charge in [-0.3, -0.25) is 9.69 Å². The molecule has 6 rings (SSSR count). The molecular weight excluding hydrogens is 535 g/mol. The van der Waals surface area contributed by atoms with Crippen molar-refractivity contribution in [2.24, 2.45) is 0 Å². The summed E-state index contributed by atoms with van der Waals surface area (Å²) in [5.74, 6) is 0.550. The van der Waals surface area contributed by atoms with Crippen LogP contribution in [-0.4, -0.2) is 94.5 Å². The first-order chi connectivity index (χ1) is 19.5. The van der Waals surface area contributed by atoms with Crippen molar-refractivity contribution in [3.8, 4) is 11.3 Å². The van der Waals surface area contributed by atoms with E-state index in [2.05, 4.69) is 9.80 Å². The molecule has 40 heavy (non-hydrogen) atoms. The van der Waals surface area contributed by atoms with Gasteiger partial charge in [-0.25, -0.2) is 14.1 Å². The van der Waals surface area contributed by atoms with Gasteiger partial charge in [-0.2, -0.15) is 4.98 Å². The first-order valence-electron chi connectivity index (χ1n) is 13.3. The van der Waals surface area contributed by atoms with E-state index in [1.165, 1.54) is 6.07 Å².